The van der Waals surface area contributed by atoms with Crippen LogP contribution in [0, 0.1) is 11.6 Å². The molecule has 2 aromatic carbocycles. The molecule has 1 aromatic heterocycles. The van der Waals surface area contributed by atoms with Crippen molar-refractivity contribution in [2.45, 2.75) is 58.0 Å². The van der Waals surface area contributed by atoms with Gasteiger partial charge in [-0.2, -0.15) is 0 Å². The largest absolute Gasteiger partial charge is 0.487 e. The molecule has 36 heavy (non-hydrogen) atoms. The zero-order valence-corrected chi connectivity index (χ0v) is 22.1. The van der Waals surface area contributed by atoms with Gasteiger partial charge in [0.1, 0.15) is 29.7 Å². The molecule has 3 nitrogen and oxygen atoms in total. The van der Waals surface area contributed by atoms with Gasteiger partial charge in [0.2, 0.25) is 0 Å². The molecule has 3 aromatic rings. The molecule has 0 saturated carbocycles. The van der Waals surface area contributed by atoms with Crippen LogP contribution in [0.25, 0.3) is 5.57 Å². The highest BCUT2D eigenvalue weighted by atomic mass is 79.9. The molecule has 0 bridgehead atoms. The van der Waals surface area contributed by atoms with Gasteiger partial charge in [-0.1, -0.05) is 24.3 Å². The number of benzene rings is 2. The summed E-state index contributed by atoms with van der Waals surface area (Å²) in [6, 6.07) is 13.3. The normalized spacial score (nSPS) is 19.9. The summed E-state index contributed by atoms with van der Waals surface area (Å²) in [5, 5.41) is 0. The molecule has 0 saturated heterocycles. The minimum atomic E-state index is -1.52. The first-order chi connectivity index (χ1) is 17.1. The van der Waals surface area contributed by atoms with Crippen LogP contribution >= 0.6 is 15.9 Å². The predicted molar refractivity (Wildman–Crippen MR) is 138 cm³/mol. The average Bonchev–Trinajstić information content (AvgIpc) is 3.17. The molecule has 0 spiro atoms. The van der Waals surface area contributed by atoms with Crippen LogP contribution in [-0.4, -0.2) is 28.1 Å². The van der Waals surface area contributed by atoms with Gasteiger partial charge >= 0.3 is 0 Å². The highest BCUT2D eigenvalue weighted by Crippen LogP contribution is 2.50. The van der Waals surface area contributed by atoms with E-state index in [9.17, 15) is 4.39 Å². The SMILES string of the molecule is C[C@@H]1CC2=C(Cc3ccccc32)[C@@H](c2c(F)cc(OCc3ccc(Br)cn3)cc2F)N1CC(C)(C)F. The van der Waals surface area contributed by atoms with Crippen LogP contribution in [-0.2, 0) is 13.0 Å². The van der Waals surface area contributed by atoms with Crippen molar-refractivity contribution >= 4 is 21.5 Å². The highest BCUT2D eigenvalue weighted by molar-refractivity contribution is 9.10. The fraction of sp³-hybridized carbons (Fsp3) is 0.345. The third-order valence-electron chi connectivity index (χ3n) is 6.90. The van der Waals surface area contributed by atoms with E-state index >= 15 is 8.78 Å². The molecule has 0 radical (unpaired) electrons. The highest BCUT2D eigenvalue weighted by Gasteiger charge is 2.42. The van der Waals surface area contributed by atoms with E-state index in [0.717, 1.165) is 26.7 Å². The van der Waals surface area contributed by atoms with Gasteiger partial charge in [-0.15, -0.1) is 0 Å². The summed E-state index contributed by atoms with van der Waals surface area (Å²) in [4.78, 5) is 6.15. The van der Waals surface area contributed by atoms with Gasteiger partial charge in [0.25, 0.3) is 0 Å². The zero-order valence-electron chi connectivity index (χ0n) is 20.5. The average molecular weight is 557 g/mol. The van der Waals surface area contributed by atoms with Crippen molar-refractivity contribution in [3.8, 4) is 5.75 Å². The van der Waals surface area contributed by atoms with Crippen molar-refractivity contribution in [3.05, 3.63) is 98.8 Å². The summed E-state index contributed by atoms with van der Waals surface area (Å²) < 4.78 is 52.8. The lowest BCUT2D eigenvalue weighted by molar-refractivity contribution is 0.0676. The van der Waals surface area contributed by atoms with Gasteiger partial charge in [-0.05, 0) is 83.9 Å². The van der Waals surface area contributed by atoms with Crippen molar-refractivity contribution in [1.29, 1.82) is 0 Å². The standard InChI is InChI=1S/C29H28BrF3N2O/c1-17-10-23-22-7-5-4-6-18(22)11-24(23)28(35(17)16-29(2,3)33)27-25(31)12-21(13-26(27)32)36-15-20-9-8-19(30)14-34-20/h4-9,12-14,17,28H,10-11,15-16H2,1-3H3/t17-,28+/m1/s1. The molecule has 0 amide bonds. The first-order valence-electron chi connectivity index (χ1n) is 12.1. The second-order valence-corrected chi connectivity index (χ2v) is 11.2. The Labute approximate surface area is 218 Å². The Morgan fingerprint density at radius 3 is 2.50 bits per heavy atom. The number of ether oxygens (including phenoxy) is 1. The number of halogens is 4. The summed E-state index contributed by atoms with van der Waals surface area (Å²) in [7, 11) is 0. The van der Waals surface area contributed by atoms with E-state index in [0.29, 0.717) is 18.5 Å². The molecule has 1 aliphatic heterocycles. The molecule has 188 valence electrons. The van der Waals surface area contributed by atoms with E-state index in [4.69, 9.17) is 4.74 Å². The van der Waals surface area contributed by atoms with E-state index in [2.05, 4.69) is 33.0 Å². The molecule has 7 heteroatoms. The molecule has 0 N–H and O–H groups in total. The maximum Gasteiger partial charge on any atom is 0.134 e. The number of hydrogen-bond donors (Lipinski definition) is 0. The van der Waals surface area contributed by atoms with Gasteiger partial charge in [0, 0.05) is 41.0 Å². The van der Waals surface area contributed by atoms with Crippen molar-refractivity contribution in [1.82, 2.24) is 9.88 Å². The number of hydrogen-bond acceptors (Lipinski definition) is 3. The summed E-state index contributed by atoms with van der Waals surface area (Å²) >= 11 is 3.33. The van der Waals surface area contributed by atoms with Gasteiger partial charge in [0.15, 0.2) is 0 Å². The van der Waals surface area contributed by atoms with Gasteiger partial charge in [-0.3, -0.25) is 9.88 Å². The molecule has 2 aliphatic rings. The van der Waals surface area contributed by atoms with Crippen molar-refractivity contribution < 1.29 is 17.9 Å². The molecule has 0 fully saturated rings. The Bertz CT molecular complexity index is 1290. The molecular formula is C29H28BrF3N2O. The van der Waals surface area contributed by atoms with Gasteiger partial charge in [-0.25, -0.2) is 13.2 Å². The number of alkyl halides is 1. The third-order valence-corrected chi connectivity index (χ3v) is 7.37. The van der Waals surface area contributed by atoms with Crippen LogP contribution in [0.3, 0.4) is 0 Å². The van der Waals surface area contributed by atoms with E-state index < -0.39 is 23.3 Å². The number of pyridine rings is 1. The first-order valence-corrected chi connectivity index (χ1v) is 12.9. The van der Waals surface area contributed by atoms with Crippen LogP contribution in [0.2, 0.25) is 0 Å². The smallest absolute Gasteiger partial charge is 0.134 e. The van der Waals surface area contributed by atoms with E-state index in [1.807, 2.05) is 30.0 Å². The molecule has 2 atom stereocenters. The summed E-state index contributed by atoms with van der Waals surface area (Å²) in [6.07, 6.45) is 2.95. The van der Waals surface area contributed by atoms with E-state index in [1.165, 1.54) is 26.0 Å². The number of aromatic nitrogens is 1. The minimum absolute atomic E-state index is 0.0553. The quantitative estimate of drug-likeness (QED) is 0.312. The Balaban J connectivity index is 1.52. The third kappa shape index (κ3) is 4.96. The van der Waals surface area contributed by atoms with Gasteiger partial charge < -0.3 is 4.74 Å². The van der Waals surface area contributed by atoms with Crippen molar-refractivity contribution in [2.24, 2.45) is 0 Å². The molecule has 1 aliphatic carbocycles. The van der Waals surface area contributed by atoms with E-state index in [-0.39, 0.29) is 30.5 Å². The lowest BCUT2D eigenvalue weighted by Crippen LogP contribution is -2.47. The van der Waals surface area contributed by atoms with Crippen LogP contribution in [0.1, 0.15) is 55.6 Å². The zero-order chi connectivity index (χ0) is 25.6. The summed E-state index contributed by atoms with van der Waals surface area (Å²) in [5.74, 6) is -1.31. The summed E-state index contributed by atoms with van der Waals surface area (Å²) in [6.45, 7) is 5.16. The Kier molecular flexibility index (Phi) is 6.72. The fourth-order valence-corrected chi connectivity index (χ4v) is 5.63. The van der Waals surface area contributed by atoms with Crippen LogP contribution in [0.5, 0.6) is 5.75 Å². The number of rotatable bonds is 6. The first kappa shape index (κ1) is 25.0. The topological polar surface area (TPSA) is 25.4 Å². The Morgan fingerprint density at radius 1 is 1.11 bits per heavy atom. The predicted octanol–water partition coefficient (Wildman–Crippen LogP) is 7.59. The van der Waals surface area contributed by atoms with Gasteiger partial charge in [0.05, 0.1) is 11.7 Å². The molecule has 5 rings (SSSR count). The Morgan fingerprint density at radius 2 is 1.83 bits per heavy atom. The lowest BCUT2D eigenvalue weighted by Gasteiger charge is -2.44. The minimum Gasteiger partial charge on any atom is -0.487 e. The number of nitrogens with zero attached hydrogens (tertiary/aromatic N) is 2. The lowest BCUT2D eigenvalue weighted by atomic mass is 9.84. The second kappa shape index (κ2) is 9.67. The van der Waals surface area contributed by atoms with Crippen molar-refractivity contribution in [2.75, 3.05) is 6.54 Å². The summed E-state index contributed by atoms with van der Waals surface area (Å²) in [5.41, 5.74) is 3.40. The van der Waals surface area contributed by atoms with Crippen LogP contribution in [0.4, 0.5) is 13.2 Å². The molecule has 0 unspecified atom stereocenters. The maximum absolute atomic E-state index is 15.7. The van der Waals surface area contributed by atoms with E-state index in [1.54, 1.807) is 12.3 Å². The van der Waals surface area contributed by atoms with Crippen molar-refractivity contribution in [3.63, 3.8) is 0 Å². The van der Waals surface area contributed by atoms with Crippen LogP contribution < -0.4 is 4.74 Å². The molecular weight excluding hydrogens is 529 g/mol. The monoisotopic (exact) mass is 556 g/mol. The maximum atomic E-state index is 15.7. The fourth-order valence-electron chi connectivity index (χ4n) is 5.40. The van der Waals surface area contributed by atoms with Crippen LogP contribution in [0.15, 0.2) is 64.8 Å². The number of fused-ring (bicyclic) bond motifs is 2. The molecule has 2 heterocycles. The second-order valence-electron chi connectivity index (χ2n) is 10.2. The Hall–Kier alpha value is -2.64.